The molecule has 0 aliphatic heterocycles. The highest BCUT2D eigenvalue weighted by molar-refractivity contribution is 9.11. The Morgan fingerprint density at radius 3 is 2.48 bits per heavy atom. The summed E-state index contributed by atoms with van der Waals surface area (Å²) in [4.78, 5) is 21.1. The van der Waals surface area contributed by atoms with Crippen LogP contribution in [0, 0.1) is 13.8 Å². The number of hydrogen-bond acceptors (Lipinski definition) is 4. The second-order valence-corrected chi connectivity index (χ2v) is 7.58. The lowest BCUT2D eigenvalue weighted by atomic mass is 10.1. The summed E-state index contributed by atoms with van der Waals surface area (Å²) in [5, 5.41) is 3.69. The largest absolute Gasteiger partial charge is 0.325 e. The molecule has 23 heavy (non-hydrogen) atoms. The predicted molar refractivity (Wildman–Crippen MR) is 102 cm³/mol. The third-order valence-corrected chi connectivity index (χ3v) is 5.12. The lowest BCUT2D eigenvalue weighted by Gasteiger charge is -2.11. The zero-order valence-corrected chi connectivity index (χ0v) is 17.1. The third kappa shape index (κ3) is 5.02. The maximum atomic E-state index is 12.2. The second kappa shape index (κ2) is 8.26. The molecule has 4 nitrogen and oxygen atoms in total. The minimum absolute atomic E-state index is 0.0310. The predicted octanol–water partition coefficient (Wildman–Crippen LogP) is 4.91. The molecule has 0 atom stereocenters. The molecule has 1 aromatic carbocycles. The Kier molecular flexibility index (Phi) is 6.61. The molecule has 1 heterocycles. The summed E-state index contributed by atoms with van der Waals surface area (Å²) in [5.41, 5.74) is 3.69. The lowest BCUT2D eigenvalue weighted by Crippen LogP contribution is -2.14. The van der Waals surface area contributed by atoms with Crippen LogP contribution in [0.3, 0.4) is 0 Å². The minimum atomic E-state index is -0.0310. The maximum absolute atomic E-state index is 12.2. The average molecular weight is 459 g/mol. The van der Waals surface area contributed by atoms with Crippen molar-refractivity contribution in [1.82, 2.24) is 9.97 Å². The molecule has 2 rings (SSSR count). The monoisotopic (exact) mass is 457 g/mol. The SMILES string of the molecule is CSc1nc(C)c(CCC(=O)Nc2cc(Br)ccc2Br)c(C)n1. The highest BCUT2D eigenvalue weighted by Gasteiger charge is 2.11. The average Bonchev–Trinajstić information content (AvgIpc) is 2.49. The van der Waals surface area contributed by atoms with Crippen molar-refractivity contribution in [2.75, 3.05) is 11.6 Å². The Hall–Kier alpha value is -0.920. The fraction of sp³-hybridized carbons (Fsp3) is 0.312. The minimum Gasteiger partial charge on any atom is -0.325 e. The van der Waals surface area contributed by atoms with Crippen LogP contribution in [0.25, 0.3) is 0 Å². The number of nitrogens with zero attached hydrogens (tertiary/aromatic N) is 2. The number of carbonyl (C=O) groups excluding carboxylic acids is 1. The van der Waals surface area contributed by atoms with Crippen LogP contribution in [-0.2, 0) is 11.2 Å². The highest BCUT2D eigenvalue weighted by atomic mass is 79.9. The number of aromatic nitrogens is 2. The van der Waals surface area contributed by atoms with Crippen LogP contribution in [0.4, 0.5) is 5.69 Å². The van der Waals surface area contributed by atoms with Gasteiger partial charge in [0, 0.05) is 26.8 Å². The summed E-state index contributed by atoms with van der Waals surface area (Å²) in [6.45, 7) is 3.93. The van der Waals surface area contributed by atoms with Crippen LogP contribution in [-0.4, -0.2) is 22.1 Å². The number of nitrogens with one attached hydrogen (secondary N) is 1. The Morgan fingerprint density at radius 2 is 1.87 bits per heavy atom. The van der Waals surface area contributed by atoms with E-state index in [1.165, 1.54) is 11.8 Å². The van der Waals surface area contributed by atoms with Gasteiger partial charge in [-0.2, -0.15) is 0 Å². The van der Waals surface area contributed by atoms with Gasteiger partial charge in [-0.05, 0) is 66.2 Å². The van der Waals surface area contributed by atoms with Crippen molar-refractivity contribution >= 4 is 55.2 Å². The summed E-state index contributed by atoms with van der Waals surface area (Å²) in [6.07, 6.45) is 2.98. The van der Waals surface area contributed by atoms with E-state index in [4.69, 9.17) is 0 Å². The lowest BCUT2D eigenvalue weighted by molar-refractivity contribution is -0.116. The molecule has 122 valence electrons. The van der Waals surface area contributed by atoms with E-state index in [1.54, 1.807) is 0 Å². The van der Waals surface area contributed by atoms with Crippen molar-refractivity contribution in [3.05, 3.63) is 44.1 Å². The Labute approximate surface area is 157 Å². The summed E-state index contributed by atoms with van der Waals surface area (Å²) < 4.78 is 1.78. The number of thioether (sulfide) groups is 1. The van der Waals surface area contributed by atoms with Gasteiger partial charge in [0.05, 0.1) is 5.69 Å². The van der Waals surface area contributed by atoms with E-state index < -0.39 is 0 Å². The molecule has 7 heteroatoms. The highest BCUT2D eigenvalue weighted by Crippen LogP contribution is 2.26. The first-order valence-electron chi connectivity index (χ1n) is 7.03. The van der Waals surface area contributed by atoms with E-state index in [0.717, 1.165) is 36.7 Å². The first kappa shape index (κ1) is 18.4. The molecule has 0 unspecified atom stereocenters. The van der Waals surface area contributed by atoms with Gasteiger partial charge in [-0.1, -0.05) is 27.7 Å². The summed E-state index contributed by atoms with van der Waals surface area (Å²) in [7, 11) is 0. The quantitative estimate of drug-likeness (QED) is 0.510. The van der Waals surface area contributed by atoms with Crippen molar-refractivity contribution in [2.45, 2.75) is 31.8 Å². The maximum Gasteiger partial charge on any atom is 0.224 e. The van der Waals surface area contributed by atoms with Crippen LogP contribution in [0.1, 0.15) is 23.4 Å². The van der Waals surface area contributed by atoms with Gasteiger partial charge in [0.15, 0.2) is 5.16 Å². The molecule has 1 aromatic heterocycles. The molecule has 0 bridgehead atoms. The second-order valence-electron chi connectivity index (χ2n) is 5.03. The summed E-state index contributed by atoms with van der Waals surface area (Å²) in [6, 6.07) is 5.68. The third-order valence-electron chi connectivity index (χ3n) is 3.39. The fourth-order valence-electron chi connectivity index (χ4n) is 2.21. The van der Waals surface area contributed by atoms with Crippen LogP contribution >= 0.6 is 43.6 Å². The molecule has 0 saturated heterocycles. The fourth-order valence-corrected chi connectivity index (χ4v) is 3.37. The van der Waals surface area contributed by atoms with Gasteiger partial charge < -0.3 is 5.32 Å². The van der Waals surface area contributed by atoms with E-state index in [-0.39, 0.29) is 5.91 Å². The molecule has 0 aliphatic carbocycles. The molecule has 0 radical (unpaired) electrons. The molecule has 1 amide bonds. The van der Waals surface area contributed by atoms with Gasteiger partial charge in [-0.15, -0.1) is 0 Å². The smallest absolute Gasteiger partial charge is 0.224 e. The summed E-state index contributed by atoms with van der Waals surface area (Å²) >= 11 is 8.36. The number of carbonyl (C=O) groups is 1. The van der Waals surface area contributed by atoms with Gasteiger partial charge >= 0.3 is 0 Å². The molecule has 0 fully saturated rings. The Bertz CT molecular complexity index is 714. The number of halogens is 2. The van der Waals surface area contributed by atoms with Gasteiger partial charge in [0.1, 0.15) is 0 Å². The van der Waals surface area contributed by atoms with E-state index in [0.29, 0.717) is 12.8 Å². The van der Waals surface area contributed by atoms with Gasteiger partial charge in [-0.25, -0.2) is 9.97 Å². The van der Waals surface area contributed by atoms with Crippen molar-refractivity contribution in [3.63, 3.8) is 0 Å². The molecular weight excluding hydrogens is 442 g/mol. The van der Waals surface area contributed by atoms with Crippen LogP contribution < -0.4 is 5.32 Å². The first-order chi connectivity index (χ1) is 10.9. The molecule has 0 aliphatic rings. The van der Waals surface area contributed by atoms with Crippen molar-refractivity contribution in [1.29, 1.82) is 0 Å². The van der Waals surface area contributed by atoms with E-state index >= 15 is 0 Å². The normalized spacial score (nSPS) is 10.7. The van der Waals surface area contributed by atoms with Crippen molar-refractivity contribution in [2.24, 2.45) is 0 Å². The van der Waals surface area contributed by atoms with Crippen molar-refractivity contribution < 1.29 is 4.79 Å². The Morgan fingerprint density at radius 1 is 1.22 bits per heavy atom. The first-order valence-corrected chi connectivity index (χ1v) is 9.84. The molecular formula is C16H17Br2N3OS. The molecule has 1 N–H and O–H groups in total. The van der Waals surface area contributed by atoms with Crippen LogP contribution in [0.15, 0.2) is 32.3 Å². The van der Waals surface area contributed by atoms with Gasteiger partial charge in [-0.3, -0.25) is 4.79 Å². The summed E-state index contributed by atoms with van der Waals surface area (Å²) in [5.74, 6) is -0.0310. The zero-order valence-electron chi connectivity index (χ0n) is 13.1. The zero-order chi connectivity index (χ0) is 17.0. The van der Waals surface area contributed by atoms with E-state index in [2.05, 4.69) is 47.1 Å². The standard InChI is InChI=1S/C16H17Br2N3OS/c1-9-12(10(2)20-16(19-9)23-3)5-7-15(22)21-14-8-11(17)4-6-13(14)18/h4,6,8H,5,7H2,1-3H3,(H,21,22). The van der Waals surface area contributed by atoms with Crippen LogP contribution in [0.5, 0.6) is 0 Å². The van der Waals surface area contributed by atoms with E-state index in [9.17, 15) is 4.79 Å². The van der Waals surface area contributed by atoms with Crippen LogP contribution in [0.2, 0.25) is 0 Å². The molecule has 2 aromatic rings. The topological polar surface area (TPSA) is 54.9 Å². The number of rotatable bonds is 5. The molecule has 0 saturated carbocycles. The number of amides is 1. The van der Waals surface area contributed by atoms with Gasteiger partial charge in [0.25, 0.3) is 0 Å². The van der Waals surface area contributed by atoms with Gasteiger partial charge in [0.2, 0.25) is 5.91 Å². The number of hydrogen-bond donors (Lipinski definition) is 1. The Balaban J connectivity index is 2.03. The molecule has 0 spiro atoms. The number of anilines is 1. The van der Waals surface area contributed by atoms with E-state index in [1.807, 2.05) is 38.3 Å². The van der Waals surface area contributed by atoms with Crippen molar-refractivity contribution in [3.8, 4) is 0 Å². The number of aryl methyl sites for hydroxylation is 2. The number of benzene rings is 1.